The first kappa shape index (κ1) is 20.7. The normalized spacial score (nSPS) is 13.7. The summed E-state index contributed by atoms with van der Waals surface area (Å²) >= 11 is 1.31. The fourth-order valence-corrected chi connectivity index (χ4v) is 5.67. The van der Waals surface area contributed by atoms with Crippen molar-refractivity contribution in [1.82, 2.24) is 14.9 Å². The average molecular weight is 448 g/mol. The second kappa shape index (κ2) is 8.39. The maximum Gasteiger partial charge on any atom is 0.262 e. The maximum absolute atomic E-state index is 13.2. The van der Waals surface area contributed by atoms with Gasteiger partial charge in [-0.25, -0.2) is 4.98 Å². The molecule has 0 saturated heterocycles. The van der Waals surface area contributed by atoms with Crippen LogP contribution in [-0.4, -0.2) is 22.6 Å². The number of fused-ring (bicyclic) bond motifs is 3. The fraction of sp³-hybridized carbons (Fsp3) is 0.320. The van der Waals surface area contributed by atoms with Gasteiger partial charge in [-0.2, -0.15) is 0 Å². The largest absolute Gasteiger partial charge is 0.496 e. The number of benzene rings is 2. The van der Waals surface area contributed by atoms with Crippen LogP contribution in [0.5, 0.6) is 5.75 Å². The van der Waals surface area contributed by atoms with E-state index < -0.39 is 0 Å². The zero-order valence-corrected chi connectivity index (χ0v) is 19.1. The van der Waals surface area contributed by atoms with Crippen LogP contribution in [0.4, 0.5) is 0 Å². The minimum absolute atomic E-state index is 0.0181. The number of methoxy groups -OCH3 is 1. The summed E-state index contributed by atoms with van der Waals surface area (Å²) in [6, 6.07) is 12.0. The molecule has 0 fully saturated rings. The van der Waals surface area contributed by atoms with Gasteiger partial charge >= 0.3 is 0 Å². The standard InChI is InChI=1S/C25H25N3O3S/c1-15-21-24(27-20-10-4-3-7-13-28(20)25(21)30)32-22(15)23(29)26-14-18-17-9-6-5-8-16(17)11-12-19(18)31-2/h5-6,8-9,11-12H,3-4,7,10,13-14H2,1-2H3,(H,26,29). The molecule has 0 spiro atoms. The highest BCUT2D eigenvalue weighted by Gasteiger charge is 2.22. The van der Waals surface area contributed by atoms with Crippen LogP contribution in [0, 0.1) is 6.92 Å². The predicted octanol–water partition coefficient (Wildman–Crippen LogP) is 4.58. The van der Waals surface area contributed by atoms with Gasteiger partial charge in [-0.05, 0) is 42.2 Å². The number of hydrogen-bond acceptors (Lipinski definition) is 5. The molecule has 0 atom stereocenters. The molecule has 2 aromatic heterocycles. The van der Waals surface area contributed by atoms with Crippen LogP contribution in [0.1, 0.15) is 45.9 Å². The molecule has 3 heterocycles. The van der Waals surface area contributed by atoms with Crippen molar-refractivity contribution in [2.45, 2.75) is 45.7 Å². The van der Waals surface area contributed by atoms with Gasteiger partial charge in [-0.1, -0.05) is 36.8 Å². The van der Waals surface area contributed by atoms with E-state index in [0.29, 0.717) is 33.7 Å². The van der Waals surface area contributed by atoms with Crippen LogP contribution in [0.15, 0.2) is 41.2 Å². The van der Waals surface area contributed by atoms with Gasteiger partial charge in [0, 0.05) is 25.1 Å². The first-order chi connectivity index (χ1) is 15.6. The van der Waals surface area contributed by atoms with E-state index in [-0.39, 0.29) is 11.5 Å². The number of amides is 1. The first-order valence-electron chi connectivity index (χ1n) is 10.9. The molecule has 2 aromatic carbocycles. The lowest BCUT2D eigenvalue weighted by Crippen LogP contribution is -2.25. The van der Waals surface area contributed by atoms with E-state index >= 15 is 0 Å². The molecule has 4 aromatic rings. The van der Waals surface area contributed by atoms with Crippen LogP contribution in [-0.2, 0) is 19.5 Å². The van der Waals surface area contributed by atoms with E-state index in [1.807, 2.05) is 43.3 Å². The summed E-state index contributed by atoms with van der Waals surface area (Å²) in [4.78, 5) is 32.3. The van der Waals surface area contributed by atoms with E-state index in [1.165, 1.54) is 11.3 Å². The molecule has 6 nitrogen and oxygen atoms in total. The van der Waals surface area contributed by atoms with E-state index in [0.717, 1.165) is 53.6 Å². The van der Waals surface area contributed by atoms with Gasteiger partial charge in [0.2, 0.25) is 0 Å². The van der Waals surface area contributed by atoms with Crippen LogP contribution in [0.3, 0.4) is 0 Å². The van der Waals surface area contributed by atoms with E-state index in [1.54, 1.807) is 11.7 Å². The summed E-state index contributed by atoms with van der Waals surface area (Å²) < 4.78 is 7.35. The Balaban J connectivity index is 1.49. The van der Waals surface area contributed by atoms with Crippen molar-refractivity contribution < 1.29 is 9.53 Å². The Morgan fingerprint density at radius 3 is 2.88 bits per heavy atom. The van der Waals surface area contributed by atoms with Crippen molar-refractivity contribution in [1.29, 1.82) is 0 Å². The van der Waals surface area contributed by atoms with Crippen molar-refractivity contribution in [3.05, 3.63) is 68.6 Å². The molecule has 0 saturated carbocycles. The summed E-state index contributed by atoms with van der Waals surface area (Å²) in [6.45, 7) is 2.88. The molecule has 0 bridgehead atoms. The lowest BCUT2D eigenvalue weighted by molar-refractivity contribution is 0.0954. The number of aromatic nitrogens is 2. The number of ether oxygens (including phenoxy) is 1. The van der Waals surface area contributed by atoms with E-state index in [9.17, 15) is 9.59 Å². The van der Waals surface area contributed by atoms with Crippen LogP contribution >= 0.6 is 11.3 Å². The van der Waals surface area contributed by atoms with Gasteiger partial charge in [0.15, 0.2) is 0 Å². The van der Waals surface area contributed by atoms with Gasteiger partial charge in [0.1, 0.15) is 16.4 Å². The minimum Gasteiger partial charge on any atom is -0.496 e. The molecule has 1 amide bonds. The van der Waals surface area contributed by atoms with Crippen LogP contribution in [0.25, 0.3) is 21.0 Å². The third-order valence-electron chi connectivity index (χ3n) is 6.26. The number of aryl methyl sites for hydroxylation is 2. The van der Waals surface area contributed by atoms with Crippen LogP contribution in [0.2, 0.25) is 0 Å². The van der Waals surface area contributed by atoms with Crippen molar-refractivity contribution in [3.63, 3.8) is 0 Å². The van der Waals surface area contributed by atoms with Gasteiger partial charge in [0.25, 0.3) is 11.5 Å². The fourth-order valence-electron chi connectivity index (χ4n) is 4.56. The second-order valence-corrected chi connectivity index (χ2v) is 9.18. The molecule has 1 aliphatic heterocycles. The molecular formula is C25H25N3O3S. The SMILES string of the molecule is COc1ccc2ccccc2c1CNC(=O)c1sc2nc3n(c(=O)c2c1C)CCCCC3. The van der Waals surface area contributed by atoms with Gasteiger partial charge in [-0.3, -0.25) is 14.2 Å². The number of hydrogen-bond donors (Lipinski definition) is 1. The third kappa shape index (κ3) is 3.46. The first-order valence-corrected chi connectivity index (χ1v) is 11.8. The predicted molar refractivity (Wildman–Crippen MR) is 128 cm³/mol. The van der Waals surface area contributed by atoms with Gasteiger partial charge in [-0.15, -0.1) is 11.3 Å². The molecule has 164 valence electrons. The number of carbonyl (C=O) groups excluding carboxylic acids is 1. The molecular weight excluding hydrogens is 422 g/mol. The number of carbonyl (C=O) groups is 1. The summed E-state index contributed by atoms with van der Waals surface area (Å²) in [5.41, 5.74) is 1.63. The summed E-state index contributed by atoms with van der Waals surface area (Å²) in [7, 11) is 1.63. The molecule has 1 N–H and O–H groups in total. The lowest BCUT2D eigenvalue weighted by Gasteiger charge is -2.13. The van der Waals surface area contributed by atoms with Crippen molar-refractivity contribution in [2.24, 2.45) is 0 Å². The zero-order chi connectivity index (χ0) is 22.2. The number of nitrogens with one attached hydrogen (secondary N) is 1. The summed E-state index contributed by atoms with van der Waals surface area (Å²) in [5.74, 6) is 1.38. The highest BCUT2D eigenvalue weighted by Crippen LogP contribution is 2.30. The molecule has 1 aliphatic rings. The van der Waals surface area contributed by atoms with Crippen molar-refractivity contribution in [3.8, 4) is 5.75 Å². The molecule has 32 heavy (non-hydrogen) atoms. The molecule has 5 rings (SSSR count). The summed E-state index contributed by atoms with van der Waals surface area (Å²) in [6.07, 6.45) is 3.96. The number of rotatable bonds is 4. The van der Waals surface area contributed by atoms with E-state index in [4.69, 9.17) is 9.72 Å². The van der Waals surface area contributed by atoms with Gasteiger partial charge in [0.05, 0.1) is 17.4 Å². The number of nitrogens with zero attached hydrogens (tertiary/aromatic N) is 2. The number of thiophene rings is 1. The monoisotopic (exact) mass is 447 g/mol. The minimum atomic E-state index is -0.194. The Labute approximate surface area is 189 Å². The van der Waals surface area contributed by atoms with E-state index in [2.05, 4.69) is 5.32 Å². The third-order valence-corrected chi connectivity index (χ3v) is 7.45. The molecule has 0 unspecified atom stereocenters. The highest BCUT2D eigenvalue weighted by molar-refractivity contribution is 7.20. The lowest BCUT2D eigenvalue weighted by atomic mass is 10.0. The Hall–Kier alpha value is -3.19. The summed E-state index contributed by atoms with van der Waals surface area (Å²) in [5, 5.41) is 5.75. The quantitative estimate of drug-likeness (QED) is 0.497. The highest BCUT2D eigenvalue weighted by atomic mass is 32.1. The smallest absolute Gasteiger partial charge is 0.262 e. The van der Waals surface area contributed by atoms with Gasteiger partial charge < -0.3 is 10.1 Å². The topological polar surface area (TPSA) is 73.2 Å². The van der Waals surface area contributed by atoms with Crippen LogP contribution < -0.4 is 15.6 Å². The zero-order valence-electron chi connectivity index (χ0n) is 18.2. The van der Waals surface area contributed by atoms with Crippen molar-refractivity contribution in [2.75, 3.05) is 7.11 Å². The second-order valence-electron chi connectivity index (χ2n) is 8.18. The Morgan fingerprint density at radius 2 is 2.03 bits per heavy atom. The maximum atomic E-state index is 13.2. The molecule has 0 aliphatic carbocycles. The molecule has 0 radical (unpaired) electrons. The average Bonchev–Trinajstić information content (AvgIpc) is 2.97. The Morgan fingerprint density at radius 1 is 1.19 bits per heavy atom. The van der Waals surface area contributed by atoms with Crippen molar-refractivity contribution >= 4 is 38.2 Å². The molecule has 7 heteroatoms. The Kier molecular flexibility index (Phi) is 5.43. The Bertz CT molecular complexity index is 1400.